The fraction of sp³-hybridized carbons (Fsp3) is 0.391. The number of aliphatic hydroxyl groups is 1. The molecule has 0 spiro atoms. The molecule has 29 heavy (non-hydrogen) atoms. The van der Waals surface area contributed by atoms with E-state index < -0.39 is 12.0 Å². The monoisotopic (exact) mass is 399 g/mol. The Morgan fingerprint density at radius 1 is 1.10 bits per heavy atom. The minimum Gasteiger partial charge on any atom is -0.490 e. The summed E-state index contributed by atoms with van der Waals surface area (Å²) in [5, 5.41) is 10.4. The lowest BCUT2D eigenvalue weighted by Gasteiger charge is -2.21. The van der Waals surface area contributed by atoms with Crippen molar-refractivity contribution in [2.75, 3.05) is 13.2 Å². The molecule has 1 fully saturated rings. The third kappa shape index (κ3) is 4.82. The summed E-state index contributed by atoms with van der Waals surface area (Å²) in [6.45, 7) is 5.77. The van der Waals surface area contributed by atoms with Gasteiger partial charge < -0.3 is 9.84 Å². The van der Waals surface area contributed by atoms with Crippen LogP contribution < -0.4 is 4.74 Å². The van der Waals surface area contributed by atoms with Gasteiger partial charge in [0.05, 0.1) is 12.5 Å². The normalized spacial score (nSPS) is 17.7. The molecule has 2 aromatic rings. The van der Waals surface area contributed by atoms with Gasteiger partial charge in [0.1, 0.15) is 24.3 Å². The largest absolute Gasteiger partial charge is 0.490 e. The van der Waals surface area contributed by atoms with E-state index in [-0.39, 0.29) is 37.2 Å². The van der Waals surface area contributed by atoms with E-state index in [0.29, 0.717) is 6.42 Å². The minimum atomic E-state index is -0.980. The number of benzene rings is 2. The van der Waals surface area contributed by atoms with E-state index in [0.717, 1.165) is 32.9 Å². The van der Waals surface area contributed by atoms with E-state index in [4.69, 9.17) is 4.74 Å². The van der Waals surface area contributed by atoms with Crippen molar-refractivity contribution < 1.29 is 23.8 Å². The van der Waals surface area contributed by atoms with Crippen LogP contribution in [-0.2, 0) is 16.0 Å². The number of rotatable bonds is 7. The average molecular weight is 399 g/mol. The second-order valence-electron chi connectivity index (χ2n) is 7.69. The second kappa shape index (κ2) is 8.74. The number of carbonyl (C=O) groups is 2. The van der Waals surface area contributed by atoms with Gasteiger partial charge in [0.15, 0.2) is 0 Å². The molecule has 2 unspecified atom stereocenters. The van der Waals surface area contributed by atoms with E-state index in [2.05, 4.69) is 0 Å². The Morgan fingerprint density at radius 3 is 2.45 bits per heavy atom. The molecule has 5 nitrogen and oxygen atoms in total. The van der Waals surface area contributed by atoms with Crippen LogP contribution in [0.5, 0.6) is 5.75 Å². The number of hydrogen-bond acceptors (Lipinski definition) is 4. The van der Waals surface area contributed by atoms with Crippen LogP contribution in [0.15, 0.2) is 36.4 Å². The van der Waals surface area contributed by atoms with Gasteiger partial charge in [-0.1, -0.05) is 24.3 Å². The summed E-state index contributed by atoms with van der Waals surface area (Å²) in [6.07, 6.45) is -0.512. The fourth-order valence-electron chi connectivity index (χ4n) is 3.60. The Balaban J connectivity index is 1.58. The van der Waals surface area contributed by atoms with Crippen molar-refractivity contribution in [2.45, 2.75) is 39.7 Å². The summed E-state index contributed by atoms with van der Waals surface area (Å²) in [6, 6.07) is 9.87. The van der Waals surface area contributed by atoms with Crippen LogP contribution in [0, 0.1) is 32.5 Å². The maximum Gasteiger partial charge on any atom is 0.233 e. The quantitative estimate of drug-likeness (QED) is 0.727. The summed E-state index contributed by atoms with van der Waals surface area (Å²) in [4.78, 5) is 26.0. The molecule has 0 bridgehead atoms. The van der Waals surface area contributed by atoms with Crippen molar-refractivity contribution in [1.82, 2.24) is 4.90 Å². The lowest BCUT2D eigenvalue weighted by atomic mass is 9.98. The predicted molar refractivity (Wildman–Crippen MR) is 107 cm³/mol. The summed E-state index contributed by atoms with van der Waals surface area (Å²) < 4.78 is 18.8. The highest BCUT2D eigenvalue weighted by molar-refractivity contribution is 6.03. The number of β-amino-alcohol motifs (C(OH)–C–C–N with tert-alkyl or cyclic N) is 1. The fourth-order valence-corrected chi connectivity index (χ4v) is 3.60. The van der Waals surface area contributed by atoms with Gasteiger partial charge in [-0.2, -0.15) is 0 Å². The van der Waals surface area contributed by atoms with Gasteiger partial charge in [0, 0.05) is 6.42 Å². The van der Waals surface area contributed by atoms with Crippen molar-refractivity contribution in [2.24, 2.45) is 5.92 Å². The molecule has 0 aliphatic carbocycles. The van der Waals surface area contributed by atoms with Gasteiger partial charge >= 0.3 is 0 Å². The average Bonchev–Trinajstić information content (AvgIpc) is 2.94. The zero-order valence-corrected chi connectivity index (χ0v) is 16.9. The Hall–Kier alpha value is -2.73. The van der Waals surface area contributed by atoms with Crippen LogP contribution in [0.3, 0.4) is 0 Å². The van der Waals surface area contributed by atoms with Crippen LogP contribution in [0.2, 0.25) is 0 Å². The number of nitrogens with zero attached hydrogens (tertiary/aromatic N) is 1. The number of likely N-dealkylation sites (tertiary alicyclic amines) is 1. The number of hydrogen-bond donors (Lipinski definition) is 1. The number of imide groups is 1. The molecule has 1 N–H and O–H groups in total. The molecule has 2 atom stereocenters. The molecule has 1 aliphatic rings. The molecule has 0 saturated carbocycles. The third-order valence-electron chi connectivity index (χ3n) is 5.42. The minimum absolute atomic E-state index is 0.00911. The molecule has 154 valence electrons. The molecule has 0 radical (unpaired) electrons. The number of amides is 2. The first-order chi connectivity index (χ1) is 13.8. The SMILES string of the molecule is Cc1ccc(C)c(OCC(O)CN2C(=O)CC(Cc3ccc(F)cc3)C2=O)c1C. The summed E-state index contributed by atoms with van der Waals surface area (Å²) >= 11 is 0. The number of carbonyl (C=O) groups excluding carboxylic acids is 2. The highest BCUT2D eigenvalue weighted by Gasteiger charge is 2.39. The van der Waals surface area contributed by atoms with Crippen molar-refractivity contribution in [1.29, 1.82) is 0 Å². The van der Waals surface area contributed by atoms with E-state index in [1.165, 1.54) is 12.1 Å². The molecule has 2 amide bonds. The van der Waals surface area contributed by atoms with Crippen LogP contribution in [0.25, 0.3) is 0 Å². The lowest BCUT2D eigenvalue weighted by molar-refractivity contribution is -0.141. The van der Waals surface area contributed by atoms with Crippen molar-refractivity contribution in [3.05, 3.63) is 64.5 Å². The van der Waals surface area contributed by atoms with E-state index in [1.54, 1.807) is 12.1 Å². The van der Waals surface area contributed by atoms with Gasteiger partial charge in [0.2, 0.25) is 11.8 Å². The van der Waals surface area contributed by atoms with Gasteiger partial charge in [-0.05, 0) is 61.6 Å². The van der Waals surface area contributed by atoms with Gasteiger partial charge in [-0.15, -0.1) is 0 Å². The van der Waals surface area contributed by atoms with Gasteiger partial charge in [0.25, 0.3) is 0 Å². The standard InChI is InChI=1S/C23H26FNO4/c1-14-4-5-15(2)22(16(14)3)29-13-20(26)12-25-21(27)11-18(23(25)28)10-17-6-8-19(24)9-7-17/h4-9,18,20,26H,10-13H2,1-3H3. The van der Waals surface area contributed by atoms with Gasteiger partial charge in [-0.25, -0.2) is 4.39 Å². The first-order valence-corrected chi connectivity index (χ1v) is 9.72. The van der Waals surface area contributed by atoms with Crippen LogP contribution in [0.4, 0.5) is 4.39 Å². The zero-order chi connectivity index (χ0) is 21.1. The Morgan fingerprint density at radius 2 is 1.76 bits per heavy atom. The molecular formula is C23H26FNO4. The topological polar surface area (TPSA) is 66.8 Å². The van der Waals surface area contributed by atoms with Gasteiger partial charge in [-0.3, -0.25) is 14.5 Å². The Bertz CT molecular complexity index is 910. The first kappa shape index (κ1) is 21.0. The van der Waals surface area contributed by atoms with Crippen LogP contribution in [0.1, 0.15) is 28.7 Å². The molecule has 6 heteroatoms. The highest BCUT2D eigenvalue weighted by Crippen LogP contribution is 2.27. The number of aryl methyl sites for hydroxylation is 2. The van der Waals surface area contributed by atoms with Crippen molar-refractivity contribution >= 4 is 11.8 Å². The Kier molecular flexibility index (Phi) is 6.33. The van der Waals surface area contributed by atoms with E-state index in [9.17, 15) is 19.1 Å². The summed E-state index contributed by atoms with van der Waals surface area (Å²) in [5.74, 6) is -0.712. The maximum atomic E-state index is 13.0. The Labute approximate surface area is 170 Å². The van der Waals surface area contributed by atoms with Crippen molar-refractivity contribution in [3.63, 3.8) is 0 Å². The second-order valence-corrected chi connectivity index (χ2v) is 7.69. The zero-order valence-electron chi connectivity index (χ0n) is 16.9. The smallest absolute Gasteiger partial charge is 0.233 e. The van der Waals surface area contributed by atoms with E-state index >= 15 is 0 Å². The molecule has 2 aromatic carbocycles. The van der Waals surface area contributed by atoms with Crippen molar-refractivity contribution in [3.8, 4) is 5.75 Å². The number of halogens is 1. The number of ether oxygens (including phenoxy) is 1. The maximum absolute atomic E-state index is 13.0. The highest BCUT2D eigenvalue weighted by atomic mass is 19.1. The molecule has 3 rings (SSSR count). The first-order valence-electron chi connectivity index (χ1n) is 9.72. The number of aliphatic hydroxyl groups excluding tert-OH is 1. The molecule has 1 saturated heterocycles. The predicted octanol–water partition coefficient (Wildman–Crippen LogP) is 3.11. The van der Waals surface area contributed by atoms with Crippen LogP contribution in [-0.4, -0.2) is 41.1 Å². The molecular weight excluding hydrogens is 373 g/mol. The lowest BCUT2D eigenvalue weighted by Crippen LogP contribution is -2.39. The third-order valence-corrected chi connectivity index (χ3v) is 5.42. The summed E-state index contributed by atoms with van der Waals surface area (Å²) in [7, 11) is 0. The molecule has 0 aromatic heterocycles. The van der Waals surface area contributed by atoms with E-state index in [1.807, 2.05) is 32.9 Å². The van der Waals surface area contributed by atoms with Crippen LogP contribution >= 0.6 is 0 Å². The summed E-state index contributed by atoms with van der Waals surface area (Å²) in [5.41, 5.74) is 3.86. The molecule has 1 heterocycles. The molecule has 1 aliphatic heterocycles.